The van der Waals surface area contributed by atoms with Crippen LogP contribution in [0.4, 0.5) is 0 Å². The van der Waals surface area contributed by atoms with Gasteiger partial charge in [-0.15, -0.1) is 0 Å². The van der Waals surface area contributed by atoms with Crippen LogP contribution >= 0.6 is 0 Å². The minimum Gasteiger partial charge on any atom is -0.206 e. The summed E-state index contributed by atoms with van der Waals surface area (Å²) in [5, 5.41) is 4.45. The van der Waals surface area contributed by atoms with E-state index in [4.69, 9.17) is 9.78 Å². The molecule has 0 saturated heterocycles. The fraction of sp³-hybridized carbons (Fsp3) is 1.00. The standard InChI is InChI=1S/C8H18O3/c1-4-5-6-9-11-10-7-8(2)3/h8H,4-7H2,1-3H3. The monoisotopic (exact) mass is 162 g/mol. The van der Waals surface area contributed by atoms with Crippen molar-refractivity contribution >= 4 is 0 Å². The van der Waals surface area contributed by atoms with Gasteiger partial charge in [0.05, 0.1) is 13.2 Å². The van der Waals surface area contributed by atoms with E-state index in [2.05, 4.69) is 25.8 Å². The molecule has 0 aliphatic carbocycles. The van der Waals surface area contributed by atoms with Crippen LogP contribution in [0.3, 0.4) is 0 Å². The minimum absolute atomic E-state index is 0.477. The number of unbranched alkanes of at least 4 members (excludes halogenated alkanes) is 1. The topological polar surface area (TPSA) is 27.7 Å². The van der Waals surface area contributed by atoms with E-state index in [0.29, 0.717) is 19.1 Å². The third-order valence-electron chi connectivity index (χ3n) is 1.08. The second-order valence-corrected chi connectivity index (χ2v) is 2.92. The van der Waals surface area contributed by atoms with Gasteiger partial charge in [-0.25, -0.2) is 9.78 Å². The first-order valence-electron chi connectivity index (χ1n) is 4.18. The van der Waals surface area contributed by atoms with Crippen molar-refractivity contribution in [1.29, 1.82) is 0 Å². The van der Waals surface area contributed by atoms with Gasteiger partial charge in [0.15, 0.2) is 0 Å². The van der Waals surface area contributed by atoms with Crippen LogP contribution in [0.1, 0.15) is 33.6 Å². The molecule has 0 heterocycles. The minimum atomic E-state index is 0.477. The molecule has 0 rings (SSSR count). The Labute approximate surface area is 68.5 Å². The maximum atomic E-state index is 4.72. The fourth-order valence-corrected chi connectivity index (χ4v) is 0.435. The quantitative estimate of drug-likeness (QED) is 0.326. The molecule has 0 aliphatic heterocycles. The summed E-state index contributed by atoms with van der Waals surface area (Å²) in [4.78, 5) is 9.42. The fourth-order valence-electron chi connectivity index (χ4n) is 0.435. The molecule has 11 heavy (non-hydrogen) atoms. The molecule has 0 aromatic carbocycles. The van der Waals surface area contributed by atoms with Crippen LogP contribution in [0.25, 0.3) is 0 Å². The van der Waals surface area contributed by atoms with Crippen molar-refractivity contribution in [3.63, 3.8) is 0 Å². The van der Waals surface area contributed by atoms with Crippen molar-refractivity contribution in [2.75, 3.05) is 13.2 Å². The highest BCUT2D eigenvalue weighted by atomic mass is 17.5. The smallest absolute Gasteiger partial charge is 0.0876 e. The predicted octanol–water partition coefficient (Wildman–Crippen LogP) is 2.32. The molecule has 3 nitrogen and oxygen atoms in total. The Kier molecular flexibility index (Phi) is 7.89. The molecule has 0 aromatic rings. The summed E-state index contributed by atoms with van der Waals surface area (Å²) in [5.41, 5.74) is 0. The zero-order valence-electron chi connectivity index (χ0n) is 7.63. The Morgan fingerprint density at radius 3 is 2.45 bits per heavy atom. The van der Waals surface area contributed by atoms with Crippen LogP contribution in [0, 0.1) is 5.92 Å². The van der Waals surface area contributed by atoms with Gasteiger partial charge in [-0.05, 0) is 12.3 Å². The first kappa shape index (κ1) is 10.9. The van der Waals surface area contributed by atoms with E-state index >= 15 is 0 Å². The molecule has 0 amide bonds. The van der Waals surface area contributed by atoms with E-state index in [-0.39, 0.29) is 0 Å². The van der Waals surface area contributed by atoms with Crippen molar-refractivity contribution < 1.29 is 14.8 Å². The van der Waals surface area contributed by atoms with Crippen molar-refractivity contribution in [3.8, 4) is 0 Å². The third kappa shape index (κ3) is 9.88. The molecule has 0 spiro atoms. The van der Waals surface area contributed by atoms with E-state index in [1.165, 1.54) is 0 Å². The van der Waals surface area contributed by atoms with Gasteiger partial charge < -0.3 is 0 Å². The van der Waals surface area contributed by atoms with E-state index in [9.17, 15) is 0 Å². The number of rotatable bonds is 7. The zero-order chi connectivity index (χ0) is 8.53. The molecule has 0 aromatic heterocycles. The molecule has 0 saturated carbocycles. The maximum absolute atomic E-state index is 4.72. The van der Waals surface area contributed by atoms with Gasteiger partial charge in [-0.3, -0.25) is 0 Å². The SMILES string of the molecule is CCCCOOOCC(C)C. The average Bonchev–Trinajstić information content (AvgIpc) is 1.96. The summed E-state index contributed by atoms with van der Waals surface area (Å²) in [7, 11) is 0. The lowest BCUT2D eigenvalue weighted by Gasteiger charge is -2.04. The molecule has 0 fully saturated rings. The Hall–Kier alpha value is -0.120. The highest BCUT2D eigenvalue weighted by molar-refractivity contribution is 4.34. The van der Waals surface area contributed by atoms with Gasteiger partial charge in [0.25, 0.3) is 0 Å². The van der Waals surface area contributed by atoms with E-state index in [0.717, 1.165) is 12.8 Å². The zero-order valence-corrected chi connectivity index (χ0v) is 7.63. The summed E-state index contributed by atoms with van der Waals surface area (Å²) < 4.78 is 0. The molecular weight excluding hydrogens is 144 g/mol. The molecule has 0 radical (unpaired) electrons. The molecule has 3 heteroatoms. The van der Waals surface area contributed by atoms with E-state index in [1.54, 1.807) is 0 Å². The highest BCUT2D eigenvalue weighted by Gasteiger charge is 1.94. The number of hydrogen-bond donors (Lipinski definition) is 0. The Morgan fingerprint density at radius 2 is 1.91 bits per heavy atom. The third-order valence-corrected chi connectivity index (χ3v) is 1.08. The first-order chi connectivity index (χ1) is 5.27. The van der Waals surface area contributed by atoms with Crippen LogP contribution in [-0.2, 0) is 14.8 Å². The molecule has 0 N–H and O–H groups in total. The van der Waals surface area contributed by atoms with Gasteiger partial charge in [-0.2, -0.15) is 0 Å². The van der Waals surface area contributed by atoms with Crippen molar-refractivity contribution in [3.05, 3.63) is 0 Å². The summed E-state index contributed by atoms with van der Waals surface area (Å²) in [6.45, 7) is 7.38. The van der Waals surface area contributed by atoms with Crippen molar-refractivity contribution in [2.24, 2.45) is 5.92 Å². The van der Waals surface area contributed by atoms with Crippen molar-refractivity contribution in [1.82, 2.24) is 0 Å². The highest BCUT2D eigenvalue weighted by Crippen LogP contribution is 1.94. The second kappa shape index (κ2) is 7.98. The number of hydrogen-bond acceptors (Lipinski definition) is 3. The van der Waals surface area contributed by atoms with Gasteiger partial charge >= 0.3 is 0 Å². The van der Waals surface area contributed by atoms with Gasteiger partial charge in [0.1, 0.15) is 0 Å². The summed E-state index contributed by atoms with van der Waals surface area (Å²) in [6.07, 6.45) is 2.11. The lowest BCUT2D eigenvalue weighted by molar-refractivity contribution is -0.514. The van der Waals surface area contributed by atoms with Crippen LogP contribution in [0.2, 0.25) is 0 Å². The van der Waals surface area contributed by atoms with Crippen LogP contribution in [0.5, 0.6) is 0 Å². The molecular formula is C8H18O3. The van der Waals surface area contributed by atoms with E-state index < -0.39 is 0 Å². The predicted molar refractivity (Wildman–Crippen MR) is 42.7 cm³/mol. The summed E-state index contributed by atoms with van der Waals surface area (Å²) in [5.74, 6) is 0.477. The van der Waals surface area contributed by atoms with Gasteiger partial charge in [0.2, 0.25) is 0 Å². The normalized spacial score (nSPS) is 10.9. The van der Waals surface area contributed by atoms with E-state index in [1.807, 2.05) is 0 Å². The maximum Gasteiger partial charge on any atom is 0.0876 e. The van der Waals surface area contributed by atoms with Crippen LogP contribution in [0.15, 0.2) is 0 Å². The lowest BCUT2D eigenvalue weighted by atomic mass is 10.2. The van der Waals surface area contributed by atoms with Crippen LogP contribution < -0.4 is 0 Å². The Morgan fingerprint density at radius 1 is 1.18 bits per heavy atom. The molecule has 0 atom stereocenters. The molecule has 68 valence electrons. The molecule has 0 bridgehead atoms. The summed E-state index contributed by atoms with van der Waals surface area (Å²) in [6, 6.07) is 0. The Balaban J connectivity index is 2.80. The Bertz CT molecular complexity index is 73.7. The second-order valence-electron chi connectivity index (χ2n) is 2.92. The lowest BCUT2D eigenvalue weighted by Crippen LogP contribution is -2.04. The van der Waals surface area contributed by atoms with Gasteiger partial charge in [0, 0.05) is 0 Å². The molecule has 0 aliphatic rings. The average molecular weight is 162 g/mol. The van der Waals surface area contributed by atoms with Crippen LogP contribution in [-0.4, -0.2) is 13.2 Å². The van der Waals surface area contributed by atoms with Gasteiger partial charge in [-0.1, -0.05) is 32.2 Å². The summed E-state index contributed by atoms with van der Waals surface area (Å²) >= 11 is 0. The molecule has 0 unspecified atom stereocenters. The first-order valence-corrected chi connectivity index (χ1v) is 4.18. The van der Waals surface area contributed by atoms with Crippen molar-refractivity contribution in [2.45, 2.75) is 33.6 Å². The largest absolute Gasteiger partial charge is 0.206 e.